The predicted octanol–water partition coefficient (Wildman–Crippen LogP) is 1.70. The third kappa shape index (κ3) is 4.96. The number of nitrogens with one attached hydrogen (secondary N) is 3. The van der Waals surface area contributed by atoms with Crippen molar-refractivity contribution in [2.75, 3.05) is 43.6 Å². The van der Waals surface area contributed by atoms with Crippen LogP contribution in [-0.2, 0) is 14.8 Å². The second-order valence-electron chi connectivity index (χ2n) is 6.75. The molecule has 30 heavy (non-hydrogen) atoms. The Bertz CT molecular complexity index is 1040. The molecular weight excluding hydrogens is 408 g/mol. The zero-order chi connectivity index (χ0) is 21.7. The van der Waals surface area contributed by atoms with Gasteiger partial charge < -0.3 is 15.4 Å². The van der Waals surface area contributed by atoms with Crippen LogP contribution < -0.4 is 20.3 Å². The van der Waals surface area contributed by atoms with Crippen molar-refractivity contribution in [2.45, 2.75) is 11.8 Å². The Balaban J connectivity index is 1.74. The van der Waals surface area contributed by atoms with Crippen molar-refractivity contribution < 1.29 is 22.7 Å². The highest BCUT2D eigenvalue weighted by atomic mass is 32.2. The van der Waals surface area contributed by atoms with E-state index < -0.39 is 15.9 Å². The quantitative estimate of drug-likeness (QED) is 0.549. The maximum atomic E-state index is 12.7. The molecule has 3 N–H and O–H groups in total. The average Bonchev–Trinajstić information content (AvgIpc) is 3.14. The van der Waals surface area contributed by atoms with Crippen molar-refractivity contribution in [2.24, 2.45) is 0 Å². The Morgan fingerprint density at radius 1 is 1.20 bits per heavy atom. The molecule has 1 aliphatic rings. The van der Waals surface area contributed by atoms with Gasteiger partial charge in [0.2, 0.25) is 10.0 Å². The lowest BCUT2D eigenvalue weighted by molar-refractivity contribution is 0.102. The van der Waals surface area contributed by atoms with E-state index >= 15 is 0 Å². The van der Waals surface area contributed by atoms with Gasteiger partial charge in [-0.05, 0) is 48.9 Å². The third-order valence-corrected chi connectivity index (χ3v) is 6.11. The first-order valence-corrected chi connectivity index (χ1v) is 10.9. The monoisotopic (exact) mass is 432 g/mol. The highest BCUT2D eigenvalue weighted by molar-refractivity contribution is 7.89. The van der Waals surface area contributed by atoms with Crippen molar-refractivity contribution in [1.29, 1.82) is 0 Å². The van der Waals surface area contributed by atoms with Gasteiger partial charge in [0.05, 0.1) is 11.5 Å². The van der Waals surface area contributed by atoms with E-state index in [1.807, 2.05) is 0 Å². The van der Waals surface area contributed by atoms with Crippen molar-refractivity contribution in [3.05, 3.63) is 53.6 Å². The first kappa shape index (κ1) is 21.8. The van der Waals surface area contributed by atoms with Crippen LogP contribution in [0.15, 0.2) is 47.4 Å². The lowest BCUT2D eigenvalue weighted by Gasteiger charge is -2.15. The molecule has 0 aromatic heterocycles. The summed E-state index contributed by atoms with van der Waals surface area (Å²) in [7, 11) is -2.27. The molecular formula is C20H24N4O5S. The molecule has 10 heteroatoms. The number of benzene rings is 2. The van der Waals surface area contributed by atoms with Crippen LogP contribution in [0.4, 0.5) is 16.2 Å². The number of ether oxygens (including phenoxy) is 1. The Labute approximate surface area is 175 Å². The number of anilines is 2. The van der Waals surface area contributed by atoms with Crippen LogP contribution in [0.2, 0.25) is 0 Å². The summed E-state index contributed by atoms with van der Waals surface area (Å²) in [6.45, 7) is 3.29. The number of amides is 3. The first-order chi connectivity index (χ1) is 14.3. The van der Waals surface area contributed by atoms with Crippen molar-refractivity contribution >= 4 is 33.3 Å². The number of carbonyl (C=O) groups excluding carboxylic acids is 2. The molecule has 1 aliphatic heterocycles. The molecule has 2 aromatic rings. The third-order valence-electron chi connectivity index (χ3n) is 4.66. The molecule has 0 spiro atoms. The minimum absolute atomic E-state index is 0.00440. The first-order valence-electron chi connectivity index (χ1n) is 9.38. The molecule has 0 atom stereocenters. The van der Waals surface area contributed by atoms with Crippen LogP contribution in [0, 0.1) is 6.92 Å². The molecule has 0 aliphatic carbocycles. The van der Waals surface area contributed by atoms with Crippen LogP contribution in [-0.4, -0.2) is 53.7 Å². The van der Waals surface area contributed by atoms with Gasteiger partial charge in [0.15, 0.2) is 0 Å². The van der Waals surface area contributed by atoms with E-state index in [-0.39, 0.29) is 29.6 Å². The van der Waals surface area contributed by atoms with Gasteiger partial charge in [0.1, 0.15) is 0 Å². The topological polar surface area (TPSA) is 117 Å². The number of nitrogens with zero attached hydrogens (tertiary/aromatic N) is 1. The van der Waals surface area contributed by atoms with Crippen LogP contribution in [0.25, 0.3) is 0 Å². The average molecular weight is 433 g/mol. The normalized spacial score (nSPS) is 13.9. The number of hydrogen-bond donors (Lipinski definition) is 3. The van der Waals surface area contributed by atoms with Gasteiger partial charge in [0, 0.05) is 43.7 Å². The fourth-order valence-electron chi connectivity index (χ4n) is 3.02. The van der Waals surface area contributed by atoms with Gasteiger partial charge in [-0.15, -0.1) is 0 Å². The molecule has 1 fully saturated rings. The molecule has 0 radical (unpaired) electrons. The summed E-state index contributed by atoms with van der Waals surface area (Å²) >= 11 is 0. The molecule has 1 saturated heterocycles. The Morgan fingerprint density at radius 3 is 2.57 bits per heavy atom. The smallest absolute Gasteiger partial charge is 0.321 e. The zero-order valence-electron chi connectivity index (χ0n) is 16.8. The summed E-state index contributed by atoms with van der Waals surface area (Å²) in [6.07, 6.45) is 0. The van der Waals surface area contributed by atoms with Crippen LogP contribution in [0.5, 0.6) is 0 Å². The SMILES string of the molecule is COCCNS(=O)(=O)c1ccc(C)c(C(=O)Nc2ccc(N3CCNC3=O)cc2)c1. The van der Waals surface area contributed by atoms with Gasteiger partial charge in [-0.25, -0.2) is 17.9 Å². The number of carbonyl (C=O) groups is 2. The molecule has 0 bridgehead atoms. The molecule has 1 heterocycles. The minimum atomic E-state index is -3.75. The number of aryl methyl sites for hydroxylation is 1. The van der Waals surface area contributed by atoms with E-state index in [1.54, 1.807) is 42.2 Å². The summed E-state index contributed by atoms with van der Waals surface area (Å²) in [5.41, 5.74) is 2.17. The molecule has 3 rings (SSSR count). The van der Waals surface area contributed by atoms with Gasteiger partial charge in [-0.3, -0.25) is 9.69 Å². The largest absolute Gasteiger partial charge is 0.383 e. The molecule has 9 nitrogen and oxygen atoms in total. The lowest BCUT2D eigenvalue weighted by atomic mass is 10.1. The summed E-state index contributed by atoms with van der Waals surface area (Å²) in [4.78, 5) is 26.1. The van der Waals surface area contributed by atoms with Gasteiger partial charge in [-0.1, -0.05) is 6.07 Å². The van der Waals surface area contributed by atoms with Crippen LogP contribution in [0.3, 0.4) is 0 Å². The minimum Gasteiger partial charge on any atom is -0.383 e. The molecule has 3 amide bonds. The number of rotatable bonds is 8. The molecule has 0 unspecified atom stereocenters. The van der Waals surface area contributed by atoms with Crippen LogP contribution in [0.1, 0.15) is 15.9 Å². The van der Waals surface area contributed by atoms with Crippen LogP contribution >= 0.6 is 0 Å². The van der Waals surface area contributed by atoms with Crippen molar-refractivity contribution in [3.8, 4) is 0 Å². The van der Waals surface area contributed by atoms with E-state index in [0.29, 0.717) is 24.3 Å². The van der Waals surface area contributed by atoms with E-state index in [9.17, 15) is 18.0 Å². The Kier molecular flexibility index (Phi) is 6.70. The summed E-state index contributed by atoms with van der Waals surface area (Å²) < 4.78 is 32.1. The number of methoxy groups -OCH3 is 1. The van der Waals surface area contributed by atoms with Crippen molar-refractivity contribution in [1.82, 2.24) is 10.0 Å². The number of urea groups is 1. The molecule has 2 aromatic carbocycles. The molecule has 160 valence electrons. The fraction of sp³-hybridized carbons (Fsp3) is 0.300. The van der Waals surface area contributed by atoms with Crippen molar-refractivity contribution in [3.63, 3.8) is 0 Å². The second-order valence-corrected chi connectivity index (χ2v) is 8.52. The van der Waals surface area contributed by atoms with Gasteiger partial charge in [-0.2, -0.15) is 0 Å². The number of sulfonamides is 1. The summed E-state index contributed by atoms with van der Waals surface area (Å²) in [6, 6.07) is 11.1. The van der Waals surface area contributed by atoms with E-state index in [4.69, 9.17) is 4.74 Å². The summed E-state index contributed by atoms with van der Waals surface area (Å²) in [5.74, 6) is -0.423. The van der Waals surface area contributed by atoms with E-state index in [2.05, 4.69) is 15.4 Å². The molecule has 0 saturated carbocycles. The lowest BCUT2D eigenvalue weighted by Crippen LogP contribution is -2.27. The fourth-order valence-corrected chi connectivity index (χ4v) is 4.05. The zero-order valence-corrected chi connectivity index (χ0v) is 17.6. The standard InChI is InChI=1S/C20H24N4O5S/c1-14-3-8-17(30(27,28)22-10-12-29-2)13-18(14)19(25)23-15-4-6-16(7-5-15)24-11-9-21-20(24)26/h3-8,13,22H,9-12H2,1-2H3,(H,21,26)(H,23,25). The Morgan fingerprint density at radius 2 is 1.93 bits per heavy atom. The van der Waals surface area contributed by atoms with Gasteiger partial charge in [0.25, 0.3) is 5.91 Å². The highest BCUT2D eigenvalue weighted by Gasteiger charge is 2.21. The summed E-state index contributed by atoms with van der Waals surface area (Å²) in [5, 5.41) is 5.50. The highest BCUT2D eigenvalue weighted by Crippen LogP contribution is 2.21. The second kappa shape index (κ2) is 9.24. The number of hydrogen-bond acceptors (Lipinski definition) is 5. The van der Waals surface area contributed by atoms with E-state index in [1.165, 1.54) is 19.2 Å². The maximum Gasteiger partial charge on any atom is 0.321 e. The van der Waals surface area contributed by atoms with Gasteiger partial charge >= 0.3 is 6.03 Å². The maximum absolute atomic E-state index is 12.7. The predicted molar refractivity (Wildman–Crippen MR) is 113 cm³/mol. The van der Waals surface area contributed by atoms with E-state index in [0.717, 1.165) is 5.69 Å². The Hall–Kier alpha value is -2.95.